The second kappa shape index (κ2) is 10.5. The molecule has 2 N–H and O–H groups in total. The lowest BCUT2D eigenvalue weighted by molar-refractivity contribution is 0.411. The van der Waals surface area contributed by atoms with E-state index in [-0.39, 0.29) is 0 Å². The number of thiocarbonyl (C=S) groups is 1. The van der Waals surface area contributed by atoms with E-state index in [1.54, 1.807) is 43.4 Å². The second-order valence-corrected chi connectivity index (χ2v) is 6.51. The van der Waals surface area contributed by atoms with E-state index in [0.29, 0.717) is 17.4 Å². The number of aromatic nitrogens is 2. The van der Waals surface area contributed by atoms with Crippen molar-refractivity contribution in [3.05, 3.63) is 60.4 Å². The smallest absolute Gasteiger partial charge is 0.187 e. The van der Waals surface area contributed by atoms with Crippen molar-refractivity contribution in [3.63, 3.8) is 0 Å². The number of methoxy groups -OCH3 is 1. The second-order valence-electron chi connectivity index (χ2n) is 5.15. The van der Waals surface area contributed by atoms with Gasteiger partial charge in [-0.25, -0.2) is 9.97 Å². The Labute approximate surface area is 163 Å². The number of hydrogen-bond acceptors (Lipinski definition) is 6. The van der Waals surface area contributed by atoms with Gasteiger partial charge < -0.3 is 10.1 Å². The third-order valence-corrected chi connectivity index (χ3v) is 4.49. The minimum atomic E-state index is 0.453. The van der Waals surface area contributed by atoms with Crippen LogP contribution in [0.2, 0.25) is 0 Å². The predicted molar refractivity (Wildman–Crippen MR) is 111 cm³/mol. The molecule has 0 spiro atoms. The van der Waals surface area contributed by atoms with Crippen LogP contribution in [0.4, 0.5) is 0 Å². The number of rotatable bonds is 8. The lowest BCUT2D eigenvalue weighted by atomic mass is 10.1. The van der Waals surface area contributed by atoms with Crippen LogP contribution in [0.1, 0.15) is 18.1 Å². The van der Waals surface area contributed by atoms with Crippen molar-refractivity contribution in [2.45, 2.75) is 17.8 Å². The topological polar surface area (TPSA) is 71.4 Å². The molecule has 0 bridgehead atoms. The van der Waals surface area contributed by atoms with Gasteiger partial charge in [-0.2, -0.15) is 5.10 Å². The number of benzene rings is 1. The Balaban J connectivity index is 2.09. The van der Waals surface area contributed by atoms with E-state index in [4.69, 9.17) is 17.0 Å². The van der Waals surface area contributed by atoms with Crippen molar-refractivity contribution in [2.24, 2.45) is 5.10 Å². The van der Waals surface area contributed by atoms with E-state index in [0.717, 1.165) is 27.7 Å². The number of nitrogens with one attached hydrogen (secondary N) is 2. The molecule has 1 aromatic heterocycles. The molecule has 0 aliphatic rings. The standard InChI is InChI=1S/C18H21N5OS2/c1-4-8-19-17(25)23-22-13(2)14-6-7-16(24-3)15(11-14)12-26-18-20-9-5-10-21-18/h4-7,9-11H,1,8,12H2,2-3H3,(H2,19,23,25)/b22-13-. The fraction of sp³-hybridized carbons (Fsp3) is 0.222. The molecule has 0 saturated carbocycles. The first-order valence-electron chi connectivity index (χ1n) is 7.90. The molecule has 0 unspecified atom stereocenters. The molecule has 8 heteroatoms. The summed E-state index contributed by atoms with van der Waals surface area (Å²) in [6, 6.07) is 7.75. The highest BCUT2D eigenvalue weighted by molar-refractivity contribution is 7.98. The van der Waals surface area contributed by atoms with E-state index in [9.17, 15) is 0 Å². The monoisotopic (exact) mass is 387 g/mol. The van der Waals surface area contributed by atoms with Crippen LogP contribution < -0.4 is 15.5 Å². The van der Waals surface area contributed by atoms with Gasteiger partial charge in [-0.05, 0) is 49.0 Å². The van der Waals surface area contributed by atoms with E-state index in [2.05, 4.69) is 38.5 Å². The van der Waals surface area contributed by atoms with Gasteiger partial charge in [-0.3, -0.25) is 5.43 Å². The average Bonchev–Trinajstić information content (AvgIpc) is 2.69. The predicted octanol–water partition coefficient (Wildman–Crippen LogP) is 3.15. The van der Waals surface area contributed by atoms with Gasteiger partial charge in [-0.15, -0.1) is 6.58 Å². The molecule has 0 aliphatic heterocycles. The van der Waals surface area contributed by atoms with Crippen molar-refractivity contribution >= 4 is 34.8 Å². The summed E-state index contributed by atoms with van der Waals surface area (Å²) in [6.07, 6.45) is 5.19. The number of thioether (sulfide) groups is 1. The fourth-order valence-electron chi connectivity index (χ4n) is 2.02. The molecule has 136 valence electrons. The molecule has 0 atom stereocenters. The molecule has 1 heterocycles. The Morgan fingerprint density at radius 2 is 2.15 bits per heavy atom. The first-order valence-corrected chi connectivity index (χ1v) is 9.29. The molecule has 6 nitrogen and oxygen atoms in total. The van der Waals surface area contributed by atoms with Crippen LogP contribution in [-0.2, 0) is 5.75 Å². The molecule has 0 fully saturated rings. The summed E-state index contributed by atoms with van der Waals surface area (Å²) >= 11 is 6.69. The zero-order valence-corrected chi connectivity index (χ0v) is 16.4. The third kappa shape index (κ3) is 6.12. The number of ether oxygens (including phenoxy) is 1. The molecule has 2 aromatic rings. The average molecular weight is 388 g/mol. The summed E-state index contributed by atoms with van der Waals surface area (Å²) in [7, 11) is 1.66. The summed E-state index contributed by atoms with van der Waals surface area (Å²) in [5.41, 5.74) is 5.67. The highest BCUT2D eigenvalue weighted by Gasteiger charge is 2.08. The molecular formula is C18H21N5OS2. The number of hydrazone groups is 1. The van der Waals surface area contributed by atoms with Crippen molar-refractivity contribution < 1.29 is 4.74 Å². The molecular weight excluding hydrogens is 366 g/mol. The third-order valence-electron chi connectivity index (χ3n) is 3.33. The number of hydrogen-bond donors (Lipinski definition) is 2. The normalized spacial score (nSPS) is 10.9. The minimum absolute atomic E-state index is 0.453. The minimum Gasteiger partial charge on any atom is -0.496 e. The molecule has 0 radical (unpaired) electrons. The van der Waals surface area contributed by atoms with E-state index in [1.807, 2.05) is 19.1 Å². The highest BCUT2D eigenvalue weighted by atomic mass is 32.2. The lowest BCUT2D eigenvalue weighted by Gasteiger charge is -2.11. The zero-order chi connectivity index (χ0) is 18.8. The Morgan fingerprint density at radius 1 is 1.38 bits per heavy atom. The molecule has 0 aliphatic carbocycles. The van der Waals surface area contributed by atoms with Crippen LogP contribution in [-0.4, -0.2) is 34.4 Å². The summed E-state index contributed by atoms with van der Waals surface area (Å²) in [4.78, 5) is 8.46. The van der Waals surface area contributed by atoms with Gasteiger partial charge >= 0.3 is 0 Å². The van der Waals surface area contributed by atoms with Crippen molar-refractivity contribution in [2.75, 3.05) is 13.7 Å². The SMILES string of the molecule is C=CCNC(=S)N/N=C(/C)c1ccc(OC)c(CSc2ncccn2)c1. The van der Waals surface area contributed by atoms with E-state index >= 15 is 0 Å². The summed E-state index contributed by atoms with van der Waals surface area (Å²) in [5, 5.41) is 8.46. The van der Waals surface area contributed by atoms with Gasteiger partial charge in [0, 0.05) is 30.3 Å². The highest BCUT2D eigenvalue weighted by Crippen LogP contribution is 2.27. The largest absolute Gasteiger partial charge is 0.496 e. The Hall–Kier alpha value is -2.45. The van der Waals surface area contributed by atoms with Gasteiger partial charge in [0.1, 0.15) is 5.75 Å². The van der Waals surface area contributed by atoms with Crippen molar-refractivity contribution in [1.82, 2.24) is 20.7 Å². The van der Waals surface area contributed by atoms with Crippen molar-refractivity contribution in [1.29, 1.82) is 0 Å². The summed E-state index contributed by atoms with van der Waals surface area (Å²) < 4.78 is 5.46. The first kappa shape index (κ1) is 19.9. The van der Waals surface area contributed by atoms with Crippen LogP contribution in [0.5, 0.6) is 5.75 Å². The molecule has 2 rings (SSSR count). The lowest BCUT2D eigenvalue weighted by Crippen LogP contribution is -2.32. The van der Waals surface area contributed by atoms with Gasteiger partial charge in [-0.1, -0.05) is 17.8 Å². The Kier molecular flexibility index (Phi) is 8.04. The van der Waals surface area contributed by atoms with Gasteiger partial charge in [0.05, 0.1) is 12.8 Å². The fourth-order valence-corrected chi connectivity index (χ4v) is 2.93. The van der Waals surface area contributed by atoms with E-state index < -0.39 is 0 Å². The van der Waals surface area contributed by atoms with E-state index in [1.165, 1.54) is 0 Å². The maximum absolute atomic E-state index is 5.46. The Morgan fingerprint density at radius 3 is 2.85 bits per heavy atom. The maximum atomic E-state index is 5.46. The van der Waals surface area contributed by atoms with Crippen LogP contribution >= 0.6 is 24.0 Å². The van der Waals surface area contributed by atoms with Gasteiger partial charge in [0.25, 0.3) is 0 Å². The molecule has 26 heavy (non-hydrogen) atoms. The molecule has 0 amide bonds. The maximum Gasteiger partial charge on any atom is 0.187 e. The summed E-state index contributed by atoms with van der Waals surface area (Å²) in [6.45, 7) is 6.14. The van der Waals surface area contributed by atoms with Crippen LogP contribution in [0.15, 0.2) is 59.6 Å². The Bertz CT molecular complexity index is 780. The number of nitrogens with zero attached hydrogens (tertiary/aromatic N) is 3. The molecule has 1 aromatic carbocycles. The zero-order valence-electron chi connectivity index (χ0n) is 14.7. The van der Waals surface area contributed by atoms with Crippen LogP contribution in [0.3, 0.4) is 0 Å². The molecule has 0 saturated heterocycles. The van der Waals surface area contributed by atoms with Crippen LogP contribution in [0, 0.1) is 0 Å². The summed E-state index contributed by atoms with van der Waals surface area (Å²) in [5.74, 6) is 1.52. The van der Waals surface area contributed by atoms with Crippen LogP contribution in [0.25, 0.3) is 0 Å². The first-order chi connectivity index (χ1) is 12.6. The van der Waals surface area contributed by atoms with Crippen molar-refractivity contribution in [3.8, 4) is 5.75 Å². The quantitative estimate of drug-likeness (QED) is 0.180. The van der Waals surface area contributed by atoms with Gasteiger partial charge in [0.15, 0.2) is 10.3 Å². The van der Waals surface area contributed by atoms with Gasteiger partial charge in [0.2, 0.25) is 0 Å².